The minimum atomic E-state index is -0.561. The minimum absolute atomic E-state index is 0.170. The molecule has 150 valence electrons. The van der Waals surface area contributed by atoms with Crippen LogP contribution in [0.15, 0.2) is 54.6 Å². The van der Waals surface area contributed by atoms with Crippen LogP contribution in [0.4, 0.5) is 5.69 Å². The summed E-state index contributed by atoms with van der Waals surface area (Å²) in [4.78, 5) is 38.1. The molecule has 0 fully saturated rings. The molecule has 0 saturated heterocycles. The second-order valence-corrected chi connectivity index (χ2v) is 7.34. The molecule has 0 atom stereocenters. The van der Waals surface area contributed by atoms with Crippen LogP contribution >= 0.6 is 11.3 Å². The molecule has 0 aliphatic carbocycles. The summed E-state index contributed by atoms with van der Waals surface area (Å²) in [7, 11) is 3.01. The quantitative estimate of drug-likeness (QED) is 0.603. The number of methoxy groups -OCH3 is 1. The van der Waals surface area contributed by atoms with Crippen molar-refractivity contribution in [1.29, 1.82) is 0 Å². The zero-order valence-electron chi connectivity index (χ0n) is 16.0. The van der Waals surface area contributed by atoms with Crippen molar-refractivity contribution in [2.75, 3.05) is 32.6 Å². The number of ether oxygens (including phenoxy) is 2. The number of anilines is 1. The van der Waals surface area contributed by atoms with Gasteiger partial charge >= 0.3 is 5.97 Å². The van der Waals surface area contributed by atoms with Crippen LogP contribution in [0.2, 0.25) is 0 Å². The number of nitrogens with zero attached hydrogens (tertiary/aromatic N) is 1. The number of benzene rings is 2. The van der Waals surface area contributed by atoms with Gasteiger partial charge in [0.25, 0.3) is 5.91 Å². The van der Waals surface area contributed by atoms with Gasteiger partial charge in [-0.1, -0.05) is 24.3 Å². The van der Waals surface area contributed by atoms with Crippen molar-refractivity contribution in [2.45, 2.75) is 0 Å². The van der Waals surface area contributed by atoms with Gasteiger partial charge in [-0.15, -0.1) is 11.3 Å². The summed E-state index contributed by atoms with van der Waals surface area (Å²) in [5.74, 6) is -0.792. The Kier molecular flexibility index (Phi) is 6.46. The van der Waals surface area contributed by atoms with Crippen LogP contribution in [0.5, 0.6) is 5.75 Å². The number of fused-ring (bicyclic) bond motifs is 1. The van der Waals surface area contributed by atoms with Crippen molar-refractivity contribution in [2.24, 2.45) is 0 Å². The Bertz CT molecular complexity index is 1010. The maximum atomic E-state index is 12.2. The van der Waals surface area contributed by atoms with E-state index in [1.165, 1.54) is 30.4 Å². The summed E-state index contributed by atoms with van der Waals surface area (Å²) in [5.41, 5.74) is 0.561. The summed E-state index contributed by atoms with van der Waals surface area (Å²) in [6, 6.07) is 16.2. The fourth-order valence-corrected chi connectivity index (χ4v) is 3.55. The fraction of sp³-hybridized carbons (Fsp3) is 0.190. The molecule has 2 amide bonds. The van der Waals surface area contributed by atoms with Gasteiger partial charge < -0.3 is 19.7 Å². The second-order valence-electron chi connectivity index (χ2n) is 6.25. The number of carbonyl (C=O) groups is 3. The molecule has 1 N–H and O–H groups in total. The smallest absolute Gasteiger partial charge is 0.348 e. The number of likely N-dealkylation sites (N-methyl/N-ethyl adjacent to an activating group) is 1. The van der Waals surface area contributed by atoms with E-state index < -0.39 is 18.5 Å². The molecule has 0 radical (unpaired) electrons. The van der Waals surface area contributed by atoms with Gasteiger partial charge in [0.1, 0.15) is 10.6 Å². The Morgan fingerprint density at radius 2 is 1.86 bits per heavy atom. The number of amides is 2. The van der Waals surface area contributed by atoms with E-state index in [9.17, 15) is 14.4 Å². The van der Waals surface area contributed by atoms with Crippen LogP contribution in [0, 0.1) is 0 Å². The normalized spacial score (nSPS) is 10.4. The van der Waals surface area contributed by atoms with E-state index in [-0.39, 0.29) is 12.5 Å². The third kappa shape index (κ3) is 5.32. The number of thiophene rings is 1. The zero-order valence-corrected chi connectivity index (χ0v) is 16.8. The average Bonchev–Trinajstić information content (AvgIpc) is 3.16. The summed E-state index contributed by atoms with van der Waals surface area (Å²) in [5, 5.41) is 3.64. The first-order valence-corrected chi connectivity index (χ1v) is 9.61. The van der Waals surface area contributed by atoms with E-state index >= 15 is 0 Å². The molecule has 8 heteroatoms. The van der Waals surface area contributed by atoms with E-state index in [1.807, 2.05) is 24.3 Å². The largest absolute Gasteiger partial charge is 0.497 e. The van der Waals surface area contributed by atoms with Crippen molar-refractivity contribution >= 4 is 44.9 Å². The fourth-order valence-electron chi connectivity index (χ4n) is 2.60. The third-order valence-electron chi connectivity index (χ3n) is 4.11. The molecule has 1 aromatic heterocycles. The maximum absolute atomic E-state index is 12.2. The molecule has 0 spiro atoms. The lowest BCUT2D eigenvalue weighted by molar-refractivity contribution is -0.136. The number of carbonyl (C=O) groups excluding carboxylic acids is 3. The molecule has 1 heterocycles. The highest BCUT2D eigenvalue weighted by atomic mass is 32.1. The van der Waals surface area contributed by atoms with E-state index in [2.05, 4.69) is 5.32 Å². The van der Waals surface area contributed by atoms with Gasteiger partial charge in [0, 0.05) is 23.5 Å². The molecule has 2 aromatic carbocycles. The van der Waals surface area contributed by atoms with Gasteiger partial charge in [-0.25, -0.2) is 4.79 Å². The maximum Gasteiger partial charge on any atom is 0.348 e. The lowest BCUT2D eigenvalue weighted by Crippen LogP contribution is -2.37. The summed E-state index contributed by atoms with van der Waals surface area (Å²) >= 11 is 1.31. The predicted octanol–water partition coefficient (Wildman–Crippen LogP) is 3.16. The first kappa shape index (κ1) is 20.3. The predicted molar refractivity (Wildman–Crippen MR) is 111 cm³/mol. The van der Waals surface area contributed by atoms with E-state index in [0.717, 1.165) is 10.1 Å². The van der Waals surface area contributed by atoms with Crippen molar-refractivity contribution in [3.8, 4) is 5.75 Å². The lowest BCUT2D eigenvalue weighted by atomic mass is 10.2. The molecule has 0 bridgehead atoms. The second kappa shape index (κ2) is 9.20. The standard InChI is InChI=1S/C21H20N2O5S/c1-23(12-19(24)22-15-7-5-8-16(11-15)27-2)20(25)13-28-21(26)18-10-14-6-3-4-9-17(14)29-18/h3-11H,12-13H2,1-2H3,(H,22,24). The molecule has 3 rings (SSSR count). The molecular formula is C21H20N2O5S. The first-order chi connectivity index (χ1) is 14.0. The Morgan fingerprint density at radius 3 is 2.62 bits per heavy atom. The molecule has 0 unspecified atom stereocenters. The van der Waals surface area contributed by atoms with Crippen LogP contribution in [0.3, 0.4) is 0 Å². The number of hydrogen-bond acceptors (Lipinski definition) is 6. The third-order valence-corrected chi connectivity index (χ3v) is 5.21. The molecule has 0 saturated carbocycles. The van der Waals surface area contributed by atoms with Crippen LogP contribution in [0.25, 0.3) is 10.1 Å². The molecular weight excluding hydrogens is 392 g/mol. The Labute approximate surface area is 171 Å². The van der Waals surface area contributed by atoms with E-state index in [4.69, 9.17) is 9.47 Å². The van der Waals surface area contributed by atoms with Gasteiger partial charge in [0.05, 0.1) is 13.7 Å². The average molecular weight is 412 g/mol. The first-order valence-electron chi connectivity index (χ1n) is 8.80. The summed E-state index contributed by atoms with van der Waals surface area (Å²) < 4.78 is 11.2. The van der Waals surface area contributed by atoms with Crippen LogP contribution in [-0.4, -0.2) is 50.0 Å². The van der Waals surface area contributed by atoms with Crippen LogP contribution in [-0.2, 0) is 14.3 Å². The molecule has 3 aromatic rings. The Hall–Kier alpha value is -3.39. The molecule has 29 heavy (non-hydrogen) atoms. The van der Waals surface area contributed by atoms with E-state index in [0.29, 0.717) is 16.3 Å². The van der Waals surface area contributed by atoms with Crippen LogP contribution < -0.4 is 10.1 Å². The van der Waals surface area contributed by atoms with Gasteiger partial charge in [0.2, 0.25) is 5.91 Å². The zero-order chi connectivity index (χ0) is 20.8. The number of rotatable bonds is 7. The monoisotopic (exact) mass is 412 g/mol. The summed E-state index contributed by atoms with van der Waals surface area (Å²) in [6.07, 6.45) is 0. The number of hydrogen-bond donors (Lipinski definition) is 1. The highest BCUT2D eigenvalue weighted by Gasteiger charge is 2.17. The molecule has 0 aliphatic rings. The van der Waals surface area contributed by atoms with Crippen molar-refractivity contribution in [1.82, 2.24) is 4.90 Å². The van der Waals surface area contributed by atoms with Gasteiger partial charge in [-0.3, -0.25) is 9.59 Å². The SMILES string of the molecule is COc1cccc(NC(=O)CN(C)C(=O)COC(=O)c2cc3ccccc3s2)c1. The topological polar surface area (TPSA) is 84.9 Å². The van der Waals surface area contributed by atoms with Gasteiger partial charge in [0.15, 0.2) is 6.61 Å². The van der Waals surface area contributed by atoms with Crippen molar-refractivity contribution in [3.05, 3.63) is 59.5 Å². The lowest BCUT2D eigenvalue weighted by Gasteiger charge is -2.16. The Morgan fingerprint density at radius 1 is 1.07 bits per heavy atom. The molecule has 7 nitrogen and oxygen atoms in total. The van der Waals surface area contributed by atoms with Crippen LogP contribution in [0.1, 0.15) is 9.67 Å². The van der Waals surface area contributed by atoms with Crippen molar-refractivity contribution < 1.29 is 23.9 Å². The highest BCUT2D eigenvalue weighted by molar-refractivity contribution is 7.20. The minimum Gasteiger partial charge on any atom is -0.497 e. The van der Waals surface area contributed by atoms with Crippen molar-refractivity contribution in [3.63, 3.8) is 0 Å². The van der Waals surface area contributed by atoms with E-state index in [1.54, 1.807) is 30.3 Å². The highest BCUT2D eigenvalue weighted by Crippen LogP contribution is 2.25. The molecule has 0 aliphatic heterocycles. The number of esters is 1. The number of nitrogens with one attached hydrogen (secondary N) is 1. The Balaban J connectivity index is 1.49. The summed E-state index contributed by atoms with van der Waals surface area (Å²) in [6.45, 7) is -0.605. The van der Waals surface area contributed by atoms with Gasteiger partial charge in [-0.2, -0.15) is 0 Å². The van der Waals surface area contributed by atoms with Gasteiger partial charge in [-0.05, 0) is 29.7 Å².